The van der Waals surface area contributed by atoms with Crippen LogP contribution in [0, 0.1) is 0 Å². The normalized spacial score (nSPS) is 10.0. The predicted octanol–water partition coefficient (Wildman–Crippen LogP) is 2.40. The molecule has 1 rings (SSSR count). The molecule has 2 nitrogen and oxygen atoms in total. The zero-order chi connectivity index (χ0) is 11.1. The molecule has 1 aromatic rings. The van der Waals surface area contributed by atoms with Gasteiger partial charge in [-0.2, -0.15) is 0 Å². The zero-order valence-electron chi connectivity index (χ0n) is 9.55. The lowest BCUT2D eigenvalue weighted by Gasteiger charge is -2.09. The highest BCUT2D eigenvalue weighted by molar-refractivity contribution is 5.28. The highest BCUT2D eigenvalue weighted by Crippen LogP contribution is 2.14. The van der Waals surface area contributed by atoms with E-state index in [-0.39, 0.29) is 0 Å². The van der Waals surface area contributed by atoms with E-state index in [1.54, 1.807) is 0 Å². The van der Waals surface area contributed by atoms with Crippen molar-refractivity contribution in [3.8, 4) is 5.75 Å². The number of nitrogens with one attached hydrogen (secondary N) is 1. The summed E-state index contributed by atoms with van der Waals surface area (Å²) in [5, 5.41) is 3.05. The summed E-state index contributed by atoms with van der Waals surface area (Å²) < 4.78 is 5.62. The summed E-state index contributed by atoms with van der Waals surface area (Å²) in [4.78, 5) is 0. The van der Waals surface area contributed by atoms with Crippen LogP contribution in [-0.2, 0) is 6.42 Å². The molecule has 2 heteroatoms. The minimum atomic E-state index is 0.577. The first-order valence-electron chi connectivity index (χ1n) is 5.29. The van der Waals surface area contributed by atoms with E-state index in [0.29, 0.717) is 6.61 Å². The van der Waals surface area contributed by atoms with Crippen LogP contribution in [-0.4, -0.2) is 20.2 Å². The lowest BCUT2D eigenvalue weighted by Crippen LogP contribution is -2.14. The monoisotopic (exact) mass is 205 g/mol. The molecule has 0 bridgehead atoms. The lowest BCUT2D eigenvalue weighted by molar-refractivity contribution is 0.349. The topological polar surface area (TPSA) is 21.3 Å². The van der Waals surface area contributed by atoms with Gasteiger partial charge in [0.1, 0.15) is 12.4 Å². The number of ether oxygens (including phenoxy) is 1. The molecule has 0 atom stereocenters. The maximum Gasteiger partial charge on any atom is 0.120 e. The number of aryl methyl sites for hydroxylation is 1. The fraction of sp³-hybridized carbons (Fsp3) is 0.385. The van der Waals surface area contributed by atoms with E-state index in [4.69, 9.17) is 4.74 Å². The third-order valence-electron chi connectivity index (χ3n) is 2.18. The van der Waals surface area contributed by atoms with E-state index in [1.165, 1.54) is 5.56 Å². The summed E-state index contributed by atoms with van der Waals surface area (Å²) in [5.74, 6) is 0.923. The molecule has 0 aliphatic carbocycles. The standard InChI is InChI=1S/C13H19NO/c1-4-12-6-5-7-13(8-12)15-10-11(2)9-14-3/h5-8,14H,2,4,9-10H2,1,3H3. The second kappa shape index (κ2) is 6.25. The molecule has 1 aromatic carbocycles. The average molecular weight is 205 g/mol. The highest BCUT2D eigenvalue weighted by Gasteiger charge is 1.97. The number of hydrogen-bond acceptors (Lipinski definition) is 2. The van der Waals surface area contributed by atoms with Gasteiger partial charge in [-0.05, 0) is 36.7 Å². The molecule has 0 saturated carbocycles. The Kier molecular flexibility index (Phi) is 4.91. The van der Waals surface area contributed by atoms with Crippen LogP contribution in [0.25, 0.3) is 0 Å². The minimum Gasteiger partial charge on any atom is -0.489 e. The van der Waals surface area contributed by atoms with Crippen molar-refractivity contribution in [1.29, 1.82) is 0 Å². The van der Waals surface area contributed by atoms with Crippen LogP contribution < -0.4 is 10.1 Å². The highest BCUT2D eigenvalue weighted by atomic mass is 16.5. The number of rotatable bonds is 6. The van der Waals surface area contributed by atoms with Gasteiger partial charge in [-0.15, -0.1) is 0 Å². The summed E-state index contributed by atoms with van der Waals surface area (Å²) in [7, 11) is 1.91. The van der Waals surface area contributed by atoms with Gasteiger partial charge in [-0.1, -0.05) is 25.6 Å². The Balaban J connectivity index is 2.46. The maximum absolute atomic E-state index is 5.62. The average Bonchev–Trinajstić information content (AvgIpc) is 2.27. The molecular weight excluding hydrogens is 186 g/mol. The van der Waals surface area contributed by atoms with E-state index in [9.17, 15) is 0 Å². The van der Waals surface area contributed by atoms with Gasteiger partial charge in [0.25, 0.3) is 0 Å². The molecule has 82 valence electrons. The van der Waals surface area contributed by atoms with Crippen LogP contribution in [0.4, 0.5) is 0 Å². The predicted molar refractivity (Wildman–Crippen MR) is 64.4 cm³/mol. The first-order valence-corrected chi connectivity index (χ1v) is 5.29. The Morgan fingerprint density at radius 3 is 2.93 bits per heavy atom. The first kappa shape index (κ1) is 11.8. The summed E-state index contributed by atoms with van der Waals surface area (Å²) in [5.41, 5.74) is 2.35. The molecule has 1 N–H and O–H groups in total. The van der Waals surface area contributed by atoms with Crippen molar-refractivity contribution in [1.82, 2.24) is 5.32 Å². The molecule has 0 heterocycles. The van der Waals surface area contributed by atoms with Gasteiger partial charge in [-0.25, -0.2) is 0 Å². The second-order valence-corrected chi connectivity index (χ2v) is 3.57. The minimum absolute atomic E-state index is 0.577. The molecule has 15 heavy (non-hydrogen) atoms. The number of benzene rings is 1. The van der Waals surface area contributed by atoms with Crippen LogP contribution in [0.3, 0.4) is 0 Å². The Morgan fingerprint density at radius 1 is 1.47 bits per heavy atom. The third kappa shape index (κ3) is 4.17. The third-order valence-corrected chi connectivity index (χ3v) is 2.18. The Bertz CT molecular complexity index is 320. The molecule has 0 unspecified atom stereocenters. The Hall–Kier alpha value is -1.28. The molecular formula is C13H19NO. The van der Waals surface area contributed by atoms with Crippen LogP contribution in [0.2, 0.25) is 0 Å². The van der Waals surface area contributed by atoms with Crippen molar-refractivity contribution >= 4 is 0 Å². The van der Waals surface area contributed by atoms with Crippen molar-refractivity contribution in [3.63, 3.8) is 0 Å². The van der Waals surface area contributed by atoms with Gasteiger partial charge in [0, 0.05) is 6.54 Å². The van der Waals surface area contributed by atoms with E-state index >= 15 is 0 Å². The molecule has 0 fully saturated rings. The molecule has 0 saturated heterocycles. The SMILES string of the molecule is C=C(CNC)COc1cccc(CC)c1. The van der Waals surface area contributed by atoms with Crippen molar-refractivity contribution < 1.29 is 4.74 Å². The van der Waals surface area contributed by atoms with E-state index in [1.807, 2.05) is 19.2 Å². The van der Waals surface area contributed by atoms with Crippen molar-refractivity contribution in [2.75, 3.05) is 20.2 Å². The Labute approximate surface area is 92.0 Å². The summed E-state index contributed by atoms with van der Waals surface area (Å²) in [6.45, 7) is 7.43. The summed E-state index contributed by atoms with van der Waals surface area (Å²) in [6.07, 6.45) is 1.04. The lowest BCUT2D eigenvalue weighted by atomic mass is 10.2. The zero-order valence-corrected chi connectivity index (χ0v) is 9.55. The van der Waals surface area contributed by atoms with Crippen LogP contribution in [0.5, 0.6) is 5.75 Å². The molecule has 0 radical (unpaired) electrons. The number of hydrogen-bond donors (Lipinski definition) is 1. The van der Waals surface area contributed by atoms with E-state index in [0.717, 1.165) is 24.3 Å². The van der Waals surface area contributed by atoms with Gasteiger partial charge in [0.05, 0.1) is 0 Å². The summed E-state index contributed by atoms with van der Waals surface area (Å²) >= 11 is 0. The van der Waals surface area contributed by atoms with Crippen molar-refractivity contribution in [3.05, 3.63) is 42.0 Å². The Morgan fingerprint density at radius 2 is 2.27 bits per heavy atom. The molecule has 0 spiro atoms. The van der Waals surface area contributed by atoms with Gasteiger partial charge in [0.2, 0.25) is 0 Å². The second-order valence-electron chi connectivity index (χ2n) is 3.57. The van der Waals surface area contributed by atoms with Gasteiger partial charge >= 0.3 is 0 Å². The molecule has 0 aliphatic heterocycles. The quantitative estimate of drug-likeness (QED) is 0.720. The van der Waals surface area contributed by atoms with Gasteiger partial charge < -0.3 is 10.1 Å². The van der Waals surface area contributed by atoms with Crippen LogP contribution in [0.15, 0.2) is 36.4 Å². The van der Waals surface area contributed by atoms with Gasteiger partial charge in [-0.3, -0.25) is 0 Å². The number of likely N-dealkylation sites (N-methyl/N-ethyl adjacent to an activating group) is 1. The van der Waals surface area contributed by atoms with E-state index < -0.39 is 0 Å². The summed E-state index contributed by atoms with van der Waals surface area (Å²) in [6, 6.07) is 8.18. The smallest absolute Gasteiger partial charge is 0.120 e. The molecule has 0 amide bonds. The first-order chi connectivity index (χ1) is 7.26. The van der Waals surface area contributed by atoms with Crippen molar-refractivity contribution in [2.24, 2.45) is 0 Å². The largest absolute Gasteiger partial charge is 0.489 e. The molecule has 0 aromatic heterocycles. The van der Waals surface area contributed by atoms with Crippen molar-refractivity contribution in [2.45, 2.75) is 13.3 Å². The maximum atomic E-state index is 5.62. The van der Waals surface area contributed by atoms with Crippen LogP contribution >= 0.6 is 0 Å². The fourth-order valence-electron chi connectivity index (χ4n) is 1.34. The van der Waals surface area contributed by atoms with Crippen LogP contribution in [0.1, 0.15) is 12.5 Å². The van der Waals surface area contributed by atoms with Gasteiger partial charge in [0.15, 0.2) is 0 Å². The molecule has 0 aliphatic rings. The van der Waals surface area contributed by atoms with E-state index in [2.05, 4.69) is 31.0 Å². The fourth-order valence-corrected chi connectivity index (χ4v) is 1.34.